The van der Waals surface area contributed by atoms with Gasteiger partial charge in [0.2, 0.25) is 0 Å². The molecule has 0 saturated heterocycles. The number of unbranched alkanes of at least 4 members (excludes halogenated alkanes) is 1. The average molecular weight is 440 g/mol. The van der Waals surface area contributed by atoms with E-state index in [4.69, 9.17) is 24.4 Å². The molecule has 0 bridgehead atoms. The summed E-state index contributed by atoms with van der Waals surface area (Å²) in [6.07, 6.45) is -0.0658. The SMILES string of the molecule is CCC(COC(=O)CCCCC(=O)O)OCC(CO)OC(=O)c1cccc(C(=O)O)c1. The number of hydrogen-bond donors (Lipinski definition) is 3. The molecule has 0 amide bonds. The van der Waals surface area contributed by atoms with E-state index in [0.717, 1.165) is 0 Å². The van der Waals surface area contributed by atoms with E-state index >= 15 is 0 Å². The molecular weight excluding hydrogens is 412 g/mol. The lowest BCUT2D eigenvalue weighted by Gasteiger charge is -2.20. The number of carbonyl (C=O) groups excluding carboxylic acids is 2. The van der Waals surface area contributed by atoms with Gasteiger partial charge in [0, 0.05) is 12.8 Å². The normalized spacial score (nSPS) is 12.6. The highest BCUT2D eigenvalue weighted by Crippen LogP contribution is 2.10. The Morgan fingerprint density at radius 3 is 2.26 bits per heavy atom. The number of carboxylic acid groups (broad SMARTS) is 2. The molecule has 10 nitrogen and oxygen atoms in total. The molecular formula is C21H28O10. The maximum Gasteiger partial charge on any atom is 0.338 e. The number of carboxylic acids is 2. The molecule has 1 aromatic carbocycles. The molecule has 0 heterocycles. The largest absolute Gasteiger partial charge is 0.481 e. The molecule has 3 N–H and O–H groups in total. The number of aliphatic carboxylic acids is 1. The van der Waals surface area contributed by atoms with Crippen molar-refractivity contribution in [3.05, 3.63) is 35.4 Å². The average Bonchev–Trinajstić information content (AvgIpc) is 2.75. The van der Waals surface area contributed by atoms with Gasteiger partial charge in [-0.3, -0.25) is 9.59 Å². The summed E-state index contributed by atoms with van der Waals surface area (Å²) in [6, 6.07) is 5.32. The van der Waals surface area contributed by atoms with E-state index < -0.39 is 42.7 Å². The summed E-state index contributed by atoms with van der Waals surface area (Å²) in [7, 11) is 0. The number of benzene rings is 1. The maximum atomic E-state index is 12.2. The first-order valence-corrected chi connectivity index (χ1v) is 9.91. The van der Waals surface area contributed by atoms with E-state index in [1.807, 2.05) is 6.92 Å². The standard InChI is InChI=1S/C21H28O10/c1-2-16(12-30-19(25)9-4-3-8-18(23)24)29-13-17(11-22)31-21(28)15-7-5-6-14(10-15)20(26)27/h5-7,10,16-17,22H,2-4,8-9,11-13H2,1H3,(H,23,24)(H,26,27). The van der Waals surface area contributed by atoms with E-state index in [-0.39, 0.29) is 37.2 Å². The number of carbonyl (C=O) groups is 4. The summed E-state index contributed by atoms with van der Waals surface area (Å²) < 4.78 is 15.8. The molecule has 0 aliphatic carbocycles. The lowest BCUT2D eigenvalue weighted by molar-refractivity contribution is -0.149. The molecule has 172 valence electrons. The van der Waals surface area contributed by atoms with Crippen molar-refractivity contribution in [2.75, 3.05) is 19.8 Å². The Labute approximate surface area is 179 Å². The van der Waals surface area contributed by atoms with Gasteiger partial charge >= 0.3 is 23.9 Å². The molecule has 0 aliphatic rings. The second kappa shape index (κ2) is 14.1. The van der Waals surface area contributed by atoms with Gasteiger partial charge in [0.1, 0.15) is 12.7 Å². The molecule has 10 heteroatoms. The van der Waals surface area contributed by atoms with E-state index in [0.29, 0.717) is 19.3 Å². The van der Waals surface area contributed by atoms with Crippen LogP contribution in [0.5, 0.6) is 0 Å². The van der Waals surface area contributed by atoms with Crippen LogP contribution >= 0.6 is 0 Å². The molecule has 2 atom stereocenters. The molecule has 0 aliphatic heterocycles. The smallest absolute Gasteiger partial charge is 0.338 e. The highest BCUT2D eigenvalue weighted by atomic mass is 16.6. The first kappa shape index (κ1) is 26.1. The van der Waals surface area contributed by atoms with E-state index in [1.54, 1.807) is 0 Å². The third kappa shape index (κ3) is 10.6. The number of hydrogen-bond acceptors (Lipinski definition) is 8. The van der Waals surface area contributed by atoms with Crippen LogP contribution in [0, 0.1) is 0 Å². The predicted molar refractivity (Wildman–Crippen MR) is 107 cm³/mol. The van der Waals surface area contributed by atoms with E-state index in [2.05, 4.69) is 0 Å². The van der Waals surface area contributed by atoms with Crippen molar-refractivity contribution < 1.29 is 48.7 Å². The van der Waals surface area contributed by atoms with Gasteiger partial charge in [-0.15, -0.1) is 0 Å². The molecule has 0 radical (unpaired) electrons. The Morgan fingerprint density at radius 2 is 1.65 bits per heavy atom. The summed E-state index contributed by atoms with van der Waals surface area (Å²) in [5.74, 6) is -3.36. The minimum absolute atomic E-state index is 0.00412. The van der Waals surface area contributed by atoms with Crippen molar-refractivity contribution in [1.82, 2.24) is 0 Å². The van der Waals surface area contributed by atoms with Crippen LogP contribution in [-0.2, 0) is 23.8 Å². The van der Waals surface area contributed by atoms with Gasteiger partial charge in [-0.25, -0.2) is 9.59 Å². The van der Waals surface area contributed by atoms with E-state index in [9.17, 15) is 24.3 Å². The Kier molecular flexibility index (Phi) is 11.9. The minimum Gasteiger partial charge on any atom is -0.481 e. The second-order valence-corrected chi connectivity index (χ2v) is 6.74. The number of esters is 2. The number of rotatable bonds is 15. The van der Waals surface area contributed by atoms with Crippen LogP contribution in [0.4, 0.5) is 0 Å². The zero-order valence-corrected chi connectivity index (χ0v) is 17.3. The minimum atomic E-state index is -1.18. The van der Waals surface area contributed by atoms with Crippen LogP contribution < -0.4 is 0 Å². The summed E-state index contributed by atoms with van der Waals surface area (Å²) >= 11 is 0. The number of ether oxygens (including phenoxy) is 3. The van der Waals surface area contributed by atoms with Gasteiger partial charge in [-0.2, -0.15) is 0 Å². The topological polar surface area (TPSA) is 157 Å². The van der Waals surface area contributed by atoms with Gasteiger partial charge in [0.05, 0.1) is 30.4 Å². The van der Waals surface area contributed by atoms with Gasteiger partial charge in [0.25, 0.3) is 0 Å². The van der Waals surface area contributed by atoms with Crippen molar-refractivity contribution in [3.63, 3.8) is 0 Å². The molecule has 2 unspecified atom stereocenters. The molecule has 0 aromatic heterocycles. The molecule has 0 saturated carbocycles. The number of aliphatic hydroxyl groups is 1. The summed E-state index contributed by atoms with van der Waals surface area (Å²) in [5.41, 5.74) is -0.0377. The maximum absolute atomic E-state index is 12.2. The molecule has 0 spiro atoms. The Hall–Kier alpha value is -2.98. The van der Waals surface area contributed by atoms with Crippen LogP contribution in [0.3, 0.4) is 0 Å². The first-order chi connectivity index (χ1) is 14.8. The van der Waals surface area contributed by atoms with Crippen LogP contribution in [0.25, 0.3) is 0 Å². The highest BCUT2D eigenvalue weighted by Gasteiger charge is 2.19. The molecule has 0 fully saturated rings. The number of aliphatic hydroxyl groups excluding tert-OH is 1. The summed E-state index contributed by atoms with van der Waals surface area (Å²) in [4.78, 5) is 45.3. The molecule has 1 rings (SSSR count). The summed E-state index contributed by atoms with van der Waals surface area (Å²) in [6.45, 7) is 1.13. The van der Waals surface area contributed by atoms with Crippen LogP contribution in [-0.4, -0.2) is 71.2 Å². The van der Waals surface area contributed by atoms with E-state index in [1.165, 1.54) is 24.3 Å². The van der Waals surface area contributed by atoms with Crippen molar-refractivity contribution >= 4 is 23.9 Å². The lowest BCUT2D eigenvalue weighted by atomic mass is 10.1. The Morgan fingerprint density at radius 1 is 0.968 bits per heavy atom. The Bertz CT molecular complexity index is 745. The molecule has 1 aromatic rings. The fourth-order valence-electron chi connectivity index (χ4n) is 2.45. The fraction of sp³-hybridized carbons (Fsp3) is 0.524. The second-order valence-electron chi connectivity index (χ2n) is 6.74. The monoisotopic (exact) mass is 440 g/mol. The Balaban J connectivity index is 2.43. The van der Waals surface area contributed by atoms with Crippen LogP contribution in [0.15, 0.2) is 24.3 Å². The van der Waals surface area contributed by atoms with Gasteiger partial charge in [-0.1, -0.05) is 13.0 Å². The zero-order valence-electron chi connectivity index (χ0n) is 17.3. The van der Waals surface area contributed by atoms with Crippen molar-refractivity contribution in [3.8, 4) is 0 Å². The fourth-order valence-corrected chi connectivity index (χ4v) is 2.45. The van der Waals surface area contributed by atoms with Gasteiger partial charge in [0.15, 0.2) is 0 Å². The lowest BCUT2D eigenvalue weighted by Crippen LogP contribution is -2.31. The molecule has 31 heavy (non-hydrogen) atoms. The zero-order chi connectivity index (χ0) is 23.2. The quantitative estimate of drug-likeness (QED) is 0.272. The van der Waals surface area contributed by atoms with Crippen LogP contribution in [0.2, 0.25) is 0 Å². The van der Waals surface area contributed by atoms with Gasteiger partial charge < -0.3 is 29.5 Å². The highest BCUT2D eigenvalue weighted by molar-refractivity contribution is 5.94. The number of aromatic carboxylic acids is 1. The third-order valence-corrected chi connectivity index (χ3v) is 4.25. The van der Waals surface area contributed by atoms with Crippen molar-refractivity contribution in [1.29, 1.82) is 0 Å². The van der Waals surface area contributed by atoms with Crippen molar-refractivity contribution in [2.45, 2.75) is 51.2 Å². The predicted octanol–water partition coefficient (Wildman–Crippen LogP) is 1.89. The van der Waals surface area contributed by atoms with Crippen LogP contribution in [0.1, 0.15) is 59.7 Å². The van der Waals surface area contributed by atoms with Crippen molar-refractivity contribution in [2.24, 2.45) is 0 Å². The summed E-state index contributed by atoms with van der Waals surface area (Å²) in [5, 5.41) is 27.0. The third-order valence-electron chi connectivity index (χ3n) is 4.25. The first-order valence-electron chi connectivity index (χ1n) is 9.91. The van der Waals surface area contributed by atoms with Gasteiger partial charge in [-0.05, 0) is 37.5 Å².